The van der Waals surface area contributed by atoms with Crippen LogP contribution in [0, 0.1) is 0 Å². The van der Waals surface area contributed by atoms with Crippen LogP contribution in [0.1, 0.15) is 32.6 Å². The minimum Gasteiger partial charge on any atom is -0.469 e. The van der Waals surface area contributed by atoms with E-state index in [-0.39, 0.29) is 11.9 Å². The van der Waals surface area contributed by atoms with Crippen molar-refractivity contribution in [2.24, 2.45) is 0 Å². The standard InChI is InChI=1S/C10H17NO4/c1-8(7-12)11-9(13)5-3-4-6-10(14)15-2/h7-8H,3-6H2,1-2H3,(H,11,13)/t8-/m0/s1. The molecule has 5 nitrogen and oxygen atoms in total. The third kappa shape index (κ3) is 7.66. The Labute approximate surface area is 89.2 Å². The maximum atomic E-state index is 11.1. The number of rotatable bonds is 7. The number of hydrogen-bond acceptors (Lipinski definition) is 4. The van der Waals surface area contributed by atoms with Crippen molar-refractivity contribution < 1.29 is 19.1 Å². The third-order valence-corrected chi connectivity index (χ3v) is 1.86. The third-order valence-electron chi connectivity index (χ3n) is 1.86. The van der Waals surface area contributed by atoms with Crippen LogP contribution in [-0.4, -0.2) is 31.3 Å². The smallest absolute Gasteiger partial charge is 0.305 e. The van der Waals surface area contributed by atoms with Gasteiger partial charge in [0.1, 0.15) is 6.29 Å². The van der Waals surface area contributed by atoms with E-state index < -0.39 is 6.04 Å². The summed E-state index contributed by atoms with van der Waals surface area (Å²) < 4.78 is 4.45. The number of carbonyl (C=O) groups is 3. The summed E-state index contributed by atoms with van der Waals surface area (Å²) in [5, 5.41) is 2.51. The van der Waals surface area contributed by atoms with Gasteiger partial charge in [-0.2, -0.15) is 0 Å². The van der Waals surface area contributed by atoms with Crippen LogP contribution < -0.4 is 5.32 Å². The van der Waals surface area contributed by atoms with Gasteiger partial charge in [0.25, 0.3) is 0 Å². The molecule has 0 aliphatic heterocycles. The lowest BCUT2D eigenvalue weighted by atomic mass is 10.2. The molecule has 0 saturated heterocycles. The molecule has 0 heterocycles. The molecule has 0 fully saturated rings. The molecule has 0 aliphatic carbocycles. The van der Waals surface area contributed by atoms with Crippen molar-refractivity contribution in [2.75, 3.05) is 7.11 Å². The summed E-state index contributed by atoms with van der Waals surface area (Å²) in [6, 6.07) is -0.446. The van der Waals surface area contributed by atoms with E-state index in [1.165, 1.54) is 7.11 Å². The van der Waals surface area contributed by atoms with Crippen molar-refractivity contribution in [1.82, 2.24) is 5.32 Å². The van der Waals surface area contributed by atoms with Gasteiger partial charge >= 0.3 is 5.97 Å². The van der Waals surface area contributed by atoms with Crippen molar-refractivity contribution in [3.05, 3.63) is 0 Å². The van der Waals surface area contributed by atoms with Gasteiger partial charge in [0.05, 0.1) is 13.2 Å². The fraction of sp³-hybridized carbons (Fsp3) is 0.700. The van der Waals surface area contributed by atoms with E-state index in [9.17, 15) is 14.4 Å². The number of unbranched alkanes of at least 4 members (excludes halogenated alkanes) is 1. The molecule has 0 rings (SSSR count). The van der Waals surface area contributed by atoms with Crippen LogP contribution in [0.25, 0.3) is 0 Å². The second kappa shape index (κ2) is 7.96. The zero-order valence-corrected chi connectivity index (χ0v) is 9.12. The van der Waals surface area contributed by atoms with E-state index in [1.807, 2.05) is 0 Å². The van der Waals surface area contributed by atoms with Gasteiger partial charge in [-0.3, -0.25) is 9.59 Å². The van der Waals surface area contributed by atoms with Crippen LogP contribution in [0.5, 0.6) is 0 Å². The molecular weight excluding hydrogens is 198 g/mol. The molecule has 15 heavy (non-hydrogen) atoms. The van der Waals surface area contributed by atoms with Crippen molar-refractivity contribution >= 4 is 18.2 Å². The maximum absolute atomic E-state index is 11.1. The predicted molar refractivity (Wildman–Crippen MR) is 54.2 cm³/mol. The van der Waals surface area contributed by atoms with Crippen LogP contribution >= 0.6 is 0 Å². The number of hydrogen-bond donors (Lipinski definition) is 1. The average molecular weight is 215 g/mol. The predicted octanol–water partition coefficient (Wildman–Crippen LogP) is 0.423. The van der Waals surface area contributed by atoms with Gasteiger partial charge in [0, 0.05) is 12.8 Å². The number of carbonyl (C=O) groups excluding carboxylic acids is 3. The fourth-order valence-corrected chi connectivity index (χ4v) is 1.02. The second-order valence-electron chi connectivity index (χ2n) is 3.28. The minimum atomic E-state index is -0.446. The molecule has 0 saturated carbocycles. The van der Waals surface area contributed by atoms with Crippen LogP contribution in [0.4, 0.5) is 0 Å². The van der Waals surface area contributed by atoms with E-state index >= 15 is 0 Å². The Morgan fingerprint density at radius 3 is 2.47 bits per heavy atom. The number of nitrogens with one attached hydrogen (secondary N) is 1. The Morgan fingerprint density at radius 1 is 1.33 bits per heavy atom. The van der Waals surface area contributed by atoms with Crippen molar-refractivity contribution in [1.29, 1.82) is 0 Å². The second-order valence-corrected chi connectivity index (χ2v) is 3.28. The number of aldehydes is 1. The topological polar surface area (TPSA) is 72.5 Å². The lowest BCUT2D eigenvalue weighted by Gasteiger charge is -2.06. The Hall–Kier alpha value is -1.39. The minimum absolute atomic E-state index is 0.167. The van der Waals surface area contributed by atoms with Crippen LogP contribution in [-0.2, 0) is 19.1 Å². The lowest BCUT2D eigenvalue weighted by Crippen LogP contribution is -2.33. The zero-order valence-electron chi connectivity index (χ0n) is 9.12. The first-order chi connectivity index (χ1) is 7.10. The molecule has 0 radical (unpaired) electrons. The highest BCUT2D eigenvalue weighted by Crippen LogP contribution is 2.01. The van der Waals surface area contributed by atoms with E-state index in [4.69, 9.17) is 0 Å². The summed E-state index contributed by atoms with van der Waals surface area (Å²) in [6.07, 6.45) is 2.57. The lowest BCUT2D eigenvalue weighted by molar-refractivity contribution is -0.140. The summed E-state index contributed by atoms with van der Waals surface area (Å²) in [5.41, 5.74) is 0. The van der Waals surface area contributed by atoms with E-state index in [0.29, 0.717) is 32.0 Å². The molecule has 0 bridgehead atoms. The molecule has 0 aromatic heterocycles. The average Bonchev–Trinajstić information content (AvgIpc) is 2.23. The van der Waals surface area contributed by atoms with Gasteiger partial charge in [-0.25, -0.2) is 0 Å². The Balaban J connectivity index is 3.47. The highest BCUT2D eigenvalue weighted by atomic mass is 16.5. The number of methoxy groups -OCH3 is 1. The molecular formula is C10H17NO4. The molecule has 1 amide bonds. The molecule has 1 atom stereocenters. The highest BCUT2D eigenvalue weighted by molar-refractivity contribution is 5.79. The Morgan fingerprint density at radius 2 is 1.93 bits per heavy atom. The molecule has 5 heteroatoms. The number of amides is 1. The molecule has 0 unspecified atom stereocenters. The highest BCUT2D eigenvalue weighted by Gasteiger charge is 2.06. The fourth-order valence-electron chi connectivity index (χ4n) is 1.02. The number of esters is 1. The molecule has 1 N–H and O–H groups in total. The number of ether oxygens (including phenoxy) is 1. The molecule has 86 valence electrons. The quantitative estimate of drug-likeness (QED) is 0.379. The first-order valence-electron chi connectivity index (χ1n) is 4.91. The molecule has 0 aromatic rings. The Bertz CT molecular complexity index is 227. The first kappa shape index (κ1) is 13.6. The van der Waals surface area contributed by atoms with Gasteiger partial charge in [0.2, 0.25) is 5.91 Å². The Kier molecular flexibility index (Phi) is 7.23. The SMILES string of the molecule is COC(=O)CCCCC(=O)N[C@@H](C)C=O. The largest absolute Gasteiger partial charge is 0.469 e. The summed E-state index contributed by atoms with van der Waals surface area (Å²) in [4.78, 5) is 32.1. The normalized spacial score (nSPS) is 11.6. The monoisotopic (exact) mass is 215 g/mol. The van der Waals surface area contributed by atoms with Crippen molar-refractivity contribution in [3.8, 4) is 0 Å². The van der Waals surface area contributed by atoms with Gasteiger partial charge in [-0.05, 0) is 19.8 Å². The zero-order chi connectivity index (χ0) is 11.7. The molecule has 0 spiro atoms. The van der Waals surface area contributed by atoms with Gasteiger partial charge in [-0.15, -0.1) is 0 Å². The van der Waals surface area contributed by atoms with Gasteiger partial charge in [0.15, 0.2) is 0 Å². The first-order valence-corrected chi connectivity index (χ1v) is 4.91. The van der Waals surface area contributed by atoms with Crippen LogP contribution in [0.15, 0.2) is 0 Å². The summed E-state index contributed by atoms with van der Waals surface area (Å²) in [7, 11) is 1.33. The van der Waals surface area contributed by atoms with E-state index in [1.54, 1.807) is 6.92 Å². The van der Waals surface area contributed by atoms with Crippen LogP contribution in [0.3, 0.4) is 0 Å². The van der Waals surface area contributed by atoms with Crippen molar-refractivity contribution in [2.45, 2.75) is 38.6 Å². The molecule has 0 aromatic carbocycles. The summed E-state index contributed by atoms with van der Waals surface area (Å²) in [6.45, 7) is 1.61. The van der Waals surface area contributed by atoms with E-state index in [0.717, 1.165) is 0 Å². The molecule has 0 aliphatic rings. The maximum Gasteiger partial charge on any atom is 0.305 e. The van der Waals surface area contributed by atoms with E-state index in [2.05, 4.69) is 10.1 Å². The summed E-state index contributed by atoms with van der Waals surface area (Å²) in [5.74, 6) is -0.434. The van der Waals surface area contributed by atoms with Crippen molar-refractivity contribution in [3.63, 3.8) is 0 Å². The van der Waals surface area contributed by atoms with Gasteiger partial charge < -0.3 is 14.8 Å². The summed E-state index contributed by atoms with van der Waals surface area (Å²) >= 11 is 0. The van der Waals surface area contributed by atoms with Crippen LogP contribution in [0.2, 0.25) is 0 Å². The van der Waals surface area contributed by atoms with Gasteiger partial charge in [-0.1, -0.05) is 0 Å².